The standard InChI is InChI=1S/C6H3F7O2/c7-2(4(14)15)1-3(5(8,9)10)6(11,12)13/h1,3H,(H,14,15)/p-1. The zero-order chi connectivity index (χ0) is 12.4. The number of carboxylic acids is 1. The van der Waals surface area contributed by atoms with Gasteiger partial charge < -0.3 is 9.90 Å². The van der Waals surface area contributed by atoms with Crippen molar-refractivity contribution in [3.63, 3.8) is 0 Å². The van der Waals surface area contributed by atoms with Crippen LogP contribution in [0.3, 0.4) is 0 Å². The molecule has 0 radical (unpaired) electrons. The summed E-state index contributed by atoms with van der Waals surface area (Å²) in [4.78, 5) is 9.60. The van der Waals surface area contributed by atoms with Crippen molar-refractivity contribution < 1.29 is 40.6 Å². The molecule has 0 bridgehead atoms. The van der Waals surface area contributed by atoms with Gasteiger partial charge in [0.1, 0.15) is 5.83 Å². The molecule has 0 unspecified atom stereocenters. The maximum absolute atomic E-state index is 12.0. The van der Waals surface area contributed by atoms with Crippen LogP contribution in [0.4, 0.5) is 30.7 Å². The molecular weight excluding hydrogens is 237 g/mol. The lowest BCUT2D eigenvalue weighted by Gasteiger charge is -2.19. The number of carbonyl (C=O) groups excluding carboxylic acids is 1. The van der Waals surface area contributed by atoms with Gasteiger partial charge in [-0.25, -0.2) is 4.39 Å². The Hall–Kier alpha value is -1.28. The van der Waals surface area contributed by atoms with E-state index in [0.717, 1.165) is 0 Å². The smallest absolute Gasteiger partial charge is 0.403 e. The van der Waals surface area contributed by atoms with Crippen LogP contribution in [-0.4, -0.2) is 18.3 Å². The summed E-state index contributed by atoms with van der Waals surface area (Å²) in [6.07, 6.45) is -12.7. The molecule has 0 atom stereocenters. The number of allylic oxidation sites excluding steroid dienone is 1. The summed E-state index contributed by atoms with van der Waals surface area (Å²) in [6.45, 7) is 0. The predicted octanol–water partition coefficient (Wildman–Crippen LogP) is 1.33. The number of hydrogen-bond acceptors (Lipinski definition) is 2. The van der Waals surface area contributed by atoms with Crippen LogP contribution in [0.5, 0.6) is 0 Å². The van der Waals surface area contributed by atoms with Gasteiger partial charge in [0.25, 0.3) is 0 Å². The zero-order valence-corrected chi connectivity index (χ0v) is 6.62. The lowest BCUT2D eigenvalue weighted by molar-refractivity contribution is -0.301. The third kappa shape index (κ3) is 4.17. The number of carbonyl (C=O) groups is 1. The van der Waals surface area contributed by atoms with E-state index < -0.39 is 36.1 Å². The Morgan fingerprint density at radius 1 is 1.07 bits per heavy atom. The Balaban J connectivity index is 5.17. The monoisotopic (exact) mass is 239 g/mol. The van der Waals surface area contributed by atoms with E-state index in [1.54, 1.807) is 0 Å². The number of alkyl halides is 6. The first-order chi connectivity index (χ1) is 6.46. The first-order valence-corrected chi connectivity index (χ1v) is 3.18. The Kier molecular flexibility index (Phi) is 3.72. The van der Waals surface area contributed by atoms with Gasteiger partial charge in [-0.05, 0) is 6.08 Å². The highest BCUT2D eigenvalue weighted by molar-refractivity contribution is 5.81. The molecule has 2 nitrogen and oxygen atoms in total. The molecule has 9 heteroatoms. The fraction of sp³-hybridized carbons (Fsp3) is 0.500. The summed E-state index contributed by atoms with van der Waals surface area (Å²) in [6, 6.07) is 0. The molecule has 0 rings (SSSR count). The molecule has 0 aliphatic rings. The second-order valence-corrected chi connectivity index (χ2v) is 2.36. The van der Waals surface area contributed by atoms with E-state index in [0.29, 0.717) is 0 Å². The van der Waals surface area contributed by atoms with Crippen molar-refractivity contribution in [2.45, 2.75) is 12.4 Å². The van der Waals surface area contributed by atoms with E-state index in [2.05, 4.69) is 0 Å². The summed E-state index contributed by atoms with van der Waals surface area (Å²) in [5, 5.41) is 9.60. The van der Waals surface area contributed by atoms with Gasteiger partial charge in [-0.2, -0.15) is 26.3 Å². The highest BCUT2D eigenvalue weighted by Gasteiger charge is 2.55. The van der Waals surface area contributed by atoms with Crippen LogP contribution in [0.2, 0.25) is 0 Å². The van der Waals surface area contributed by atoms with E-state index in [4.69, 9.17) is 0 Å². The summed E-state index contributed by atoms with van der Waals surface area (Å²) in [7, 11) is 0. The maximum Gasteiger partial charge on any atom is 0.403 e. The largest absolute Gasteiger partial charge is 0.542 e. The number of rotatable bonds is 2. The number of carboxylic acid groups (broad SMARTS) is 1. The predicted molar refractivity (Wildman–Crippen MR) is 29.8 cm³/mol. The average Bonchev–Trinajstić information content (AvgIpc) is 1.94. The van der Waals surface area contributed by atoms with Crippen LogP contribution < -0.4 is 5.11 Å². The Morgan fingerprint density at radius 2 is 1.40 bits per heavy atom. The van der Waals surface area contributed by atoms with Crippen LogP contribution in [0, 0.1) is 5.92 Å². The van der Waals surface area contributed by atoms with Gasteiger partial charge in [0.15, 0.2) is 5.92 Å². The third-order valence-corrected chi connectivity index (χ3v) is 1.21. The minimum absolute atomic E-state index is 1.09. The lowest BCUT2D eigenvalue weighted by atomic mass is 10.1. The van der Waals surface area contributed by atoms with Gasteiger partial charge in [-0.3, -0.25) is 0 Å². The first kappa shape index (κ1) is 13.7. The summed E-state index contributed by atoms with van der Waals surface area (Å²) >= 11 is 0. The molecule has 0 heterocycles. The molecule has 0 spiro atoms. The van der Waals surface area contributed by atoms with Gasteiger partial charge in [0.2, 0.25) is 0 Å². The fourth-order valence-electron chi connectivity index (χ4n) is 0.589. The average molecular weight is 239 g/mol. The van der Waals surface area contributed by atoms with Crippen molar-refractivity contribution in [2.75, 3.05) is 0 Å². The minimum Gasteiger partial charge on any atom is -0.542 e. The Labute approximate surface area is 78.0 Å². The molecule has 0 aromatic carbocycles. The molecule has 0 aliphatic carbocycles. The van der Waals surface area contributed by atoms with E-state index in [-0.39, 0.29) is 0 Å². The molecule has 15 heavy (non-hydrogen) atoms. The van der Waals surface area contributed by atoms with Gasteiger partial charge >= 0.3 is 12.4 Å². The molecule has 0 aliphatic heterocycles. The summed E-state index contributed by atoms with van der Waals surface area (Å²) < 4.78 is 82.2. The van der Waals surface area contributed by atoms with Crippen molar-refractivity contribution >= 4 is 5.97 Å². The minimum atomic E-state index is -5.81. The van der Waals surface area contributed by atoms with Crippen LogP contribution in [0.25, 0.3) is 0 Å². The van der Waals surface area contributed by atoms with Crippen molar-refractivity contribution in [1.29, 1.82) is 0 Å². The molecule has 0 saturated carbocycles. The molecule has 0 amide bonds. The van der Waals surface area contributed by atoms with Gasteiger partial charge in [-0.15, -0.1) is 0 Å². The van der Waals surface area contributed by atoms with E-state index >= 15 is 0 Å². The van der Waals surface area contributed by atoms with Gasteiger partial charge in [-0.1, -0.05) is 0 Å². The number of aliphatic carboxylic acids is 1. The summed E-state index contributed by atoms with van der Waals surface area (Å²) in [5.74, 6) is -9.52. The molecule has 88 valence electrons. The second kappa shape index (κ2) is 4.07. The highest BCUT2D eigenvalue weighted by atomic mass is 19.4. The van der Waals surface area contributed by atoms with Crippen LogP contribution in [0.15, 0.2) is 11.9 Å². The number of hydrogen-bond donors (Lipinski definition) is 0. The lowest BCUT2D eigenvalue weighted by Crippen LogP contribution is -2.36. The SMILES string of the molecule is O=C([O-])C(F)=CC(C(F)(F)F)C(F)(F)F. The molecule has 0 N–H and O–H groups in total. The van der Waals surface area contributed by atoms with Crippen molar-refractivity contribution in [2.24, 2.45) is 5.92 Å². The zero-order valence-electron chi connectivity index (χ0n) is 6.62. The van der Waals surface area contributed by atoms with Crippen LogP contribution >= 0.6 is 0 Å². The van der Waals surface area contributed by atoms with Gasteiger partial charge in [0, 0.05) is 0 Å². The van der Waals surface area contributed by atoms with Gasteiger partial charge in [0.05, 0.1) is 5.97 Å². The fourth-order valence-corrected chi connectivity index (χ4v) is 0.589. The second-order valence-electron chi connectivity index (χ2n) is 2.36. The maximum atomic E-state index is 12.0. The Bertz CT molecular complexity index is 260. The van der Waals surface area contributed by atoms with E-state index in [1.807, 2.05) is 0 Å². The van der Waals surface area contributed by atoms with Crippen molar-refractivity contribution in [3.05, 3.63) is 11.9 Å². The van der Waals surface area contributed by atoms with Crippen molar-refractivity contribution in [1.82, 2.24) is 0 Å². The van der Waals surface area contributed by atoms with Crippen LogP contribution in [0.1, 0.15) is 0 Å². The molecule has 0 aromatic rings. The molecule has 0 fully saturated rings. The molecule has 0 saturated heterocycles. The summed E-state index contributed by atoms with van der Waals surface area (Å²) in [5.41, 5.74) is 0. The Morgan fingerprint density at radius 3 is 1.60 bits per heavy atom. The quantitative estimate of drug-likeness (QED) is 0.538. The highest BCUT2D eigenvalue weighted by Crippen LogP contribution is 2.40. The van der Waals surface area contributed by atoms with Crippen LogP contribution in [-0.2, 0) is 4.79 Å². The third-order valence-electron chi connectivity index (χ3n) is 1.21. The topological polar surface area (TPSA) is 40.1 Å². The molecular formula is C6H2F7O2-. The normalized spacial score (nSPS) is 14.5. The van der Waals surface area contributed by atoms with Crippen molar-refractivity contribution in [3.8, 4) is 0 Å². The van der Waals surface area contributed by atoms with E-state index in [1.165, 1.54) is 0 Å². The first-order valence-electron chi connectivity index (χ1n) is 3.18. The number of halogens is 7. The van der Waals surface area contributed by atoms with E-state index in [9.17, 15) is 40.6 Å². The molecule has 0 aromatic heterocycles.